The first-order chi connectivity index (χ1) is 12.1. The van der Waals surface area contributed by atoms with Crippen molar-refractivity contribution in [3.05, 3.63) is 64.7 Å². The molecule has 0 fully saturated rings. The number of halogens is 3. The Hall–Kier alpha value is -2.87. The number of anilines is 1. The Morgan fingerprint density at radius 1 is 1.15 bits per heavy atom. The first-order valence-corrected chi connectivity index (χ1v) is 7.63. The SMILES string of the molecule is CN(C)C(=O)c1cc(C(F)(F)F)cc2c1[C@@](O)(c1ccccc1)C(=O)N2. The summed E-state index contributed by atoms with van der Waals surface area (Å²) in [5.41, 5.74) is -3.99. The fourth-order valence-electron chi connectivity index (χ4n) is 2.98. The summed E-state index contributed by atoms with van der Waals surface area (Å²) < 4.78 is 39.6. The lowest BCUT2D eigenvalue weighted by molar-refractivity contribution is -0.137. The van der Waals surface area contributed by atoms with Crippen LogP contribution in [-0.4, -0.2) is 35.9 Å². The van der Waals surface area contributed by atoms with Gasteiger partial charge in [0.05, 0.1) is 5.56 Å². The highest BCUT2D eigenvalue weighted by molar-refractivity contribution is 6.11. The highest BCUT2D eigenvalue weighted by Crippen LogP contribution is 2.45. The summed E-state index contributed by atoms with van der Waals surface area (Å²) in [5.74, 6) is -1.66. The minimum atomic E-state index is -4.71. The maximum atomic E-state index is 13.2. The van der Waals surface area contributed by atoms with Gasteiger partial charge in [-0.1, -0.05) is 30.3 Å². The largest absolute Gasteiger partial charge is 0.416 e. The number of aliphatic hydroxyl groups is 1. The number of alkyl halides is 3. The minimum Gasteiger partial charge on any atom is -0.372 e. The average molecular weight is 364 g/mol. The van der Waals surface area contributed by atoms with E-state index in [1.165, 1.54) is 26.2 Å². The van der Waals surface area contributed by atoms with Gasteiger partial charge in [0.1, 0.15) is 0 Å². The summed E-state index contributed by atoms with van der Waals surface area (Å²) in [6.45, 7) is 0. The molecular formula is C18H15F3N2O3. The summed E-state index contributed by atoms with van der Waals surface area (Å²) in [7, 11) is 2.75. The second kappa shape index (κ2) is 5.84. The van der Waals surface area contributed by atoms with Crippen molar-refractivity contribution in [1.29, 1.82) is 0 Å². The van der Waals surface area contributed by atoms with E-state index in [9.17, 15) is 27.9 Å². The molecule has 2 aromatic rings. The molecule has 8 heteroatoms. The Morgan fingerprint density at radius 2 is 1.77 bits per heavy atom. The molecule has 2 N–H and O–H groups in total. The molecule has 0 unspecified atom stereocenters. The van der Waals surface area contributed by atoms with E-state index in [1.807, 2.05) is 0 Å². The Bertz CT molecular complexity index is 895. The van der Waals surface area contributed by atoms with Crippen molar-refractivity contribution in [2.45, 2.75) is 11.8 Å². The first-order valence-electron chi connectivity index (χ1n) is 7.63. The smallest absolute Gasteiger partial charge is 0.372 e. The molecular weight excluding hydrogens is 349 g/mol. The van der Waals surface area contributed by atoms with E-state index in [2.05, 4.69) is 5.32 Å². The predicted octanol–water partition coefficient (Wildman–Crippen LogP) is 2.60. The molecule has 1 aliphatic heterocycles. The van der Waals surface area contributed by atoms with Crippen LogP contribution in [0.1, 0.15) is 27.0 Å². The number of carbonyl (C=O) groups is 2. The molecule has 26 heavy (non-hydrogen) atoms. The molecule has 1 heterocycles. The van der Waals surface area contributed by atoms with Gasteiger partial charge in [0.15, 0.2) is 5.60 Å². The summed E-state index contributed by atoms with van der Waals surface area (Å²) >= 11 is 0. The van der Waals surface area contributed by atoms with Crippen LogP contribution in [0.5, 0.6) is 0 Å². The van der Waals surface area contributed by atoms with Crippen LogP contribution in [0, 0.1) is 0 Å². The molecule has 2 amide bonds. The van der Waals surface area contributed by atoms with Gasteiger partial charge in [0, 0.05) is 30.9 Å². The third-order valence-corrected chi connectivity index (χ3v) is 4.23. The summed E-state index contributed by atoms with van der Waals surface area (Å²) in [5, 5.41) is 13.4. The first kappa shape index (κ1) is 17.9. The third-order valence-electron chi connectivity index (χ3n) is 4.23. The standard InChI is InChI=1S/C18H15F3N2O3/c1-23(2)15(24)12-8-11(18(19,20)21)9-13-14(12)17(26,16(25)22-13)10-6-4-3-5-7-10/h3-9,26H,1-2H3,(H,22,25)/t17-/m0/s1. The summed E-state index contributed by atoms with van der Waals surface area (Å²) in [4.78, 5) is 26.1. The average Bonchev–Trinajstić information content (AvgIpc) is 2.85. The van der Waals surface area contributed by atoms with Gasteiger partial charge >= 0.3 is 6.18 Å². The van der Waals surface area contributed by atoms with Crippen LogP contribution in [0.3, 0.4) is 0 Å². The van der Waals surface area contributed by atoms with Crippen molar-refractivity contribution in [3.63, 3.8) is 0 Å². The molecule has 2 aromatic carbocycles. The van der Waals surface area contributed by atoms with Gasteiger partial charge in [-0.2, -0.15) is 13.2 Å². The Kier molecular flexibility index (Phi) is 4.03. The molecule has 5 nitrogen and oxygen atoms in total. The summed E-state index contributed by atoms with van der Waals surface area (Å²) in [6.07, 6.45) is -4.71. The van der Waals surface area contributed by atoms with Gasteiger partial charge in [-0.15, -0.1) is 0 Å². The normalized spacial score (nSPS) is 19.1. The maximum Gasteiger partial charge on any atom is 0.416 e. The van der Waals surface area contributed by atoms with Crippen molar-refractivity contribution in [2.75, 3.05) is 19.4 Å². The Labute approximate surface area is 147 Å². The summed E-state index contributed by atoms with van der Waals surface area (Å²) in [6, 6.07) is 9.15. The zero-order valence-electron chi connectivity index (χ0n) is 13.9. The second-order valence-corrected chi connectivity index (χ2v) is 6.17. The number of hydrogen-bond acceptors (Lipinski definition) is 3. The predicted molar refractivity (Wildman–Crippen MR) is 87.5 cm³/mol. The van der Waals surface area contributed by atoms with Gasteiger partial charge in [-0.25, -0.2) is 0 Å². The van der Waals surface area contributed by atoms with Crippen molar-refractivity contribution in [1.82, 2.24) is 4.90 Å². The van der Waals surface area contributed by atoms with E-state index in [0.717, 1.165) is 11.0 Å². The number of carbonyl (C=O) groups excluding carboxylic acids is 2. The highest BCUT2D eigenvalue weighted by atomic mass is 19.4. The van der Waals surface area contributed by atoms with E-state index < -0.39 is 29.2 Å². The topological polar surface area (TPSA) is 69.6 Å². The number of rotatable bonds is 2. The van der Waals surface area contributed by atoms with E-state index in [4.69, 9.17) is 0 Å². The van der Waals surface area contributed by atoms with Crippen LogP contribution in [0.2, 0.25) is 0 Å². The molecule has 0 spiro atoms. The monoisotopic (exact) mass is 364 g/mol. The van der Waals surface area contributed by atoms with Gasteiger partial charge in [0.25, 0.3) is 11.8 Å². The van der Waals surface area contributed by atoms with E-state index in [1.54, 1.807) is 18.2 Å². The van der Waals surface area contributed by atoms with Gasteiger partial charge < -0.3 is 15.3 Å². The van der Waals surface area contributed by atoms with Crippen LogP contribution < -0.4 is 5.32 Å². The number of amides is 2. The number of nitrogens with one attached hydrogen (secondary N) is 1. The number of fused-ring (bicyclic) bond motifs is 1. The molecule has 136 valence electrons. The molecule has 0 saturated heterocycles. The van der Waals surface area contributed by atoms with Crippen LogP contribution in [0.15, 0.2) is 42.5 Å². The van der Waals surface area contributed by atoms with Crippen molar-refractivity contribution >= 4 is 17.5 Å². The van der Waals surface area contributed by atoms with Crippen LogP contribution in [0.25, 0.3) is 0 Å². The fourth-order valence-corrected chi connectivity index (χ4v) is 2.98. The van der Waals surface area contributed by atoms with Gasteiger partial charge in [0.2, 0.25) is 0 Å². The van der Waals surface area contributed by atoms with Crippen LogP contribution in [0.4, 0.5) is 18.9 Å². The number of benzene rings is 2. The highest BCUT2D eigenvalue weighted by Gasteiger charge is 2.50. The minimum absolute atomic E-state index is 0.156. The third kappa shape index (κ3) is 2.62. The molecule has 0 aromatic heterocycles. The van der Waals surface area contributed by atoms with Crippen molar-refractivity contribution in [3.8, 4) is 0 Å². The Balaban J connectivity index is 2.34. The van der Waals surface area contributed by atoms with E-state index >= 15 is 0 Å². The van der Waals surface area contributed by atoms with E-state index in [0.29, 0.717) is 6.07 Å². The quantitative estimate of drug-likeness (QED) is 0.861. The molecule has 0 radical (unpaired) electrons. The fraction of sp³-hybridized carbons (Fsp3) is 0.222. The molecule has 1 atom stereocenters. The number of hydrogen-bond donors (Lipinski definition) is 2. The lowest BCUT2D eigenvalue weighted by Crippen LogP contribution is -2.37. The second-order valence-electron chi connectivity index (χ2n) is 6.17. The van der Waals surface area contributed by atoms with Crippen molar-refractivity contribution in [2.24, 2.45) is 0 Å². The molecule has 1 aliphatic rings. The van der Waals surface area contributed by atoms with E-state index in [-0.39, 0.29) is 22.4 Å². The number of nitrogens with zero attached hydrogens (tertiary/aromatic N) is 1. The maximum absolute atomic E-state index is 13.2. The van der Waals surface area contributed by atoms with Gasteiger partial charge in [-0.3, -0.25) is 9.59 Å². The molecule has 0 saturated carbocycles. The van der Waals surface area contributed by atoms with Gasteiger partial charge in [-0.05, 0) is 17.7 Å². The molecule has 0 bridgehead atoms. The lowest BCUT2D eigenvalue weighted by Gasteiger charge is -2.25. The Morgan fingerprint density at radius 3 is 2.31 bits per heavy atom. The van der Waals surface area contributed by atoms with Crippen LogP contribution in [-0.2, 0) is 16.6 Å². The van der Waals surface area contributed by atoms with Crippen molar-refractivity contribution < 1.29 is 27.9 Å². The zero-order chi connectivity index (χ0) is 19.3. The molecule has 0 aliphatic carbocycles. The van der Waals surface area contributed by atoms with Crippen LogP contribution >= 0.6 is 0 Å². The molecule has 3 rings (SSSR count). The lowest BCUT2D eigenvalue weighted by atomic mass is 9.83. The zero-order valence-corrected chi connectivity index (χ0v) is 13.9.